The highest BCUT2D eigenvalue weighted by atomic mass is 16.5. The van der Waals surface area contributed by atoms with Crippen molar-refractivity contribution < 1.29 is 34.4 Å². The minimum absolute atomic E-state index is 0.0510. The molecule has 0 fully saturated rings. The van der Waals surface area contributed by atoms with Crippen molar-refractivity contribution in [1.29, 1.82) is 0 Å². The van der Waals surface area contributed by atoms with Crippen LogP contribution in [-0.2, 0) is 9.53 Å². The van der Waals surface area contributed by atoms with E-state index < -0.39 is 30.1 Å². The predicted octanol–water partition coefficient (Wildman–Crippen LogP) is 0.567. The molecule has 1 aliphatic rings. The highest BCUT2D eigenvalue weighted by molar-refractivity contribution is 5.93. The molecule has 3 N–H and O–H groups in total. The molecule has 0 aromatic heterocycles. The molecule has 0 radical (unpaired) electrons. The number of Topliss-reactive ketones (excluding diaryl/α,β-unsaturated/α-hetero) is 1. The van der Waals surface area contributed by atoms with Crippen LogP contribution in [0.5, 0.6) is 11.5 Å². The maximum absolute atomic E-state index is 12.1. The van der Waals surface area contributed by atoms with Gasteiger partial charge in [-0.1, -0.05) is 12.2 Å². The Balaban J connectivity index is 2.10. The average Bonchev–Trinajstić information content (AvgIpc) is 2.52. The van der Waals surface area contributed by atoms with E-state index in [4.69, 9.17) is 9.47 Å². The molecule has 7 heteroatoms. The molecular formula is C16H18O7. The smallest absolute Gasteiger partial charge is 0.342 e. The van der Waals surface area contributed by atoms with Gasteiger partial charge in [-0.05, 0) is 12.1 Å². The quantitative estimate of drug-likeness (QED) is 0.550. The van der Waals surface area contributed by atoms with Crippen LogP contribution in [0.25, 0.3) is 0 Å². The Hall–Kier alpha value is -2.38. The summed E-state index contributed by atoms with van der Waals surface area (Å²) in [5, 5.41) is 28.9. The van der Waals surface area contributed by atoms with Crippen molar-refractivity contribution in [3.63, 3.8) is 0 Å². The molecule has 3 atom stereocenters. The molecule has 0 bridgehead atoms. The van der Waals surface area contributed by atoms with Crippen molar-refractivity contribution >= 4 is 11.8 Å². The molecular weight excluding hydrogens is 304 g/mol. The van der Waals surface area contributed by atoms with E-state index in [1.165, 1.54) is 37.5 Å². The summed E-state index contributed by atoms with van der Waals surface area (Å²) < 4.78 is 10.1. The predicted molar refractivity (Wildman–Crippen MR) is 79.3 cm³/mol. The minimum Gasteiger partial charge on any atom is -0.507 e. The second kappa shape index (κ2) is 7.26. The number of aliphatic hydroxyl groups excluding tert-OH is 2. The van der Waals surface area contributed by atoms with E-state index in [0.717, 1.165) is 0 Å². The lowest BCUT2D eigenvalue weighted by atomic mass is 9.98. The number of esters is 1. The fraction of sp³-hybridized carbons (Fsp3) is 0.375. The fourth-order valence-electron chi connectivity index (χ4n) is 2.21. The Bertz CT molecular complexity index is 623. The number of carbonyl (C=O) groups is 2. The molecule has 0 spiro atoms. The number of hydrogen-bond donors (Lipinski definition) is 3. The van der Waals surface area contributed by atoms with Crippen LogP contribution in [0.2, 0.25) is 0 Å². The molecule has 0 heterocycles. The Labute approximate surface area is 132 Å². The number of phenols is 1. The molecule has 0 saturated carbocycles. The van der Waals surface area contributed by atoms with Crippen LogP contribution < -0.4 is 4.74 Å². The Kier molecular flexibility index (Phi) is 5.36. The maximum atomic E-state index is 12.1. The van der Waals surface area contributed by atoms with E-state index in [0.29, 0.717) is 5.75 Å². The molecule has 1 aliphatic carbocycles. The number of aromatic hydroxyl groups is 1. The van der Waals surface area contributed by atoms with Crippen LogP contribution in [0.1, 0.15) is 23.2 Å². The molecule has 0 amide bonds. The van der Waals surface area contributed by atoms with E-state index in [9.17, 15) is 24.9 Å². The Morgan fingerprint density at radius 1 is 1.30 bits per heavy atom. The number of hydrogen-bond acceptors (Lipinski definition) is 7. The topological polar surface area (TPSA) is 113 Å². The first kappa shape index (κ1) is 17.0. The molecule has 1 aromatic rings. The molecule has 0 saturated heterocycles. The first-order valence-electron chi connectivity index (χ1n) is 7.06. The van der Waals surface area contributed by atoms with Gasteiger partial charge in [0.2, 0.25) is 0 Å². The van der Waals surface area contributed by atoms with Crippen molar-refractivity contribution in [1.82, 2.24) is 0 Å². The first-order valence-corrected chi connectivity index (χ1v) is 7.06. The average molecular weight is 322 g/mol. The third-order valence-corrected chi connectivity index (χ3v) is 3.51. The third-order valence-electron chi connectivity index (χ3n) is 3.51. The van der Waals surface area contributed by atoms with Gasteiger partial charge in [-0.25, -0.2) is 4.79 Å². The number of ether oxygens (including phenoxy) is 2. The minimum atomic E-state index is -1.54. The van der Waals surface area contributed by atoms with Gasteiger partial charge >= 0.3 is 5.97 Å². The second-order valence-electron chi connectivity index (χ2n) is 5.18. The Morgan fingerprint density at radius 2 is 2.04 bits per heavy atom. The van der Waals surface area contributed by atoms with Crippen LogP contribution in [0, 0.1) is 0 Å². The van der Waals surface area contributed by atoms with Gasteiger partial charge in [0.1, 0.15) is 35.4 Å². The van der Waals surface area contributed by atoms with Crippen LogP contribution >= 0.6 is 0 Å². The largest absolute Gasteiger partial charge is 0.507 e. The van der Waals surface area contributed by atoms with Crippen LogP contribution in [0.3, 0.4) is 0 Å². The monoisotopic (exact) mass is 322 g/mol. The van der Waals surface area contributed by atoms with E-state index in [2.05, 4.69) is 0 Å². The van der Waals surface area contributed by atoms with E-state index in [1.807, 2.05) is 0 Å². The normalized spacial score (nSPS) is 24.7. The number of rotatable bonds is 3. The molecule has 3 unspecified atom stereocenters. The third kappa shape index (κ3) is 4.08. The SMILES string of the molecule is COc1ccc(C(=O)OC2CC=CC(O)C(O)C(=O)C2)c(O)c1. The van der Waals surface area contributed by atoms with Gasteiger partial charge < -0.3 is 24.8 Å². The molecule has 23 heavy (non-hydrogen) atoms. The van der Waals surface area contributed by atoms with Crippen molar-refractivity contribution in [3.8, 4) is 11.5 Å². The summed E-state index contributed by atoms with van der Waals surface area (Å²) in [5.74, 6) is -1.30. The van der Waals surface area contributed by atoms with Crippen molar-refractivity contribution in [3.05, 3.63) is 35.9 Å². The molecule has 7 nitrogen and oxygen atoms in total. The first-order chi connectivity index (χ1) is 10.9. The zero-order chi connectivity index (χ0) is 17.0. The number of methoxy groups -OCH3 is 1. The van der Waals surface area contributed by atoms with E-state index in [-0.39, 0.29) is 24.2 Å². The number of phenolic OH excluding ortho intramolecular Hbond substituents is 1. The molecule has 1 aromatic carbocycles. The lowest BCUT2D eigenvalue weighted by Gasteiger charge is -2.22. The van der Waals surface area contributed by atoms with Gasteiger partial charge in [-0.2, -0.15) is 0 Å². The fourth-order valence-corrected chi connectivity index (χ4v) is 2.21. The summed E-state index contributed by atoms with van der Waals surface area (Å²) in [5.41, 5.74) is -0.0510. The van der Waals surface area contributed by atoms with Gasteiger partial charge in [0.05, 0.1) is 7.11 Å². The summed E-state index contributed by atoms with van der Waals surface area (Å²) >= 11 is 0. The second-order valence-corrected chi connectivity index (χ2v) is 5.18. The van der Waals surface area contributed by atoms with Crippen LogP contribution in [-0.4, -0.2) is 52.5 Å². The lowest BCUT2D eigenvalue weighted by molar-refractivity contribution is -0.133. The van der Waals surface area contributed by atoms with Gasteiger partial charge in [0.15, 0.2) is 5.78 Å². The van der Waals surface area contributed by atoms with Crippen molar-refractivity contribution in [2.75, 3.05) is 7.11 Å². The molecule has 2 rings (SSSR count). The van der Waals surface area contributed by atoms with Crippen molar-refractivity contribution in [2.24, 2.45) is 0 Å². The molecule has 0 aliphatic heterocycles. The zero-order valence-electron chi connectivity index (χ0n) is 12.5. The van der Waals surface area contributed by atoms with Crippen molar-refractivity contribution in [2.45, 2.75) is 31.2 Å². The van der Waals surface area contributed by atoms with Gasteiger partial charge in [0, 0.05) is 18.9 Å². The highest BCUT2D eigenvalue weighted by Gasteiger charge is 2.29. The van der Waals surface area contributed by atoms with E-state index in [1.54, 1.807) is 0 Å². The summed E-state index contributed by atoms with van der Waals surface area (Å²) in [4.78, 5) is 23.9. The number of ketones is 1. The maximum Gasteiger partial charge on any atom is 0.342 e. The van der Waals surface area contributed by atoms with E-state index >= 15 is 0 Å². The summed E-state index contributed by atoms with van der Waals surface area (Å²) in [7, 11) is 1.43. The summed E-state index contributed by atoms with van der Waals surface area (Å²) in [6.45, 7) is 0. The number of benzene rings is 1. The van der Waals surface area contributed by atoms with Gasteiger partial charge in [-0.3, -0.25) is 4.79 Å². The highest BCUT2D eigenvalue weighted by Crippen LogP contribution is 2.25. The van der Waals surface area contributed by atoms with Gasteiger partial charge in [-0.15, -0.1) is 0 Å². The number of carbonyl (C=O) groups excluding carboxylic acids is 2. The van der Waals surface area contributed by atoms with Gasteiger partial charge in [0.25, 0.3) is 0 Å². The van der Waals surface area contributed by atoms with Crippen LogP contribution in [0.15, 0.2) is 30.4 Å². The van der Waals surface area contributed by atoms with Crippen LogP contribution in [0.4, 0.5) is 0 Å². The summed E-state index contributed by atoms with van der Waals surface area (Å²) in [6, 6.07) is 4.13. The molecule has 124 valence electrons. The lowest BCUT2D eigenvalue weighted by Crippen LogP contribution is -2.37. The standard InChI is InChI=1S/C16H18O7/c1-22-9-5-6-11(13(18)7-9)16(21)23-10-3-2-4-12(17)15(20)14(19)8-10/h2,4-7,10,12,15,17-18,20H,3,8H2,1H3. The zero-order valence-corrected chi connectivity index (χ0v) is 12.5. The summed E-state index contributed by atoms with van der Waals surface area (Å²) in [6.07, 6.45) is -0.759. The Morgan fingerprint density at radius 3 is 2.70 bits per heavy atom. The number of aliphatic hydroxyl groups is 2.